The van der Waals surface area contributed by atoms with Crippen molar-refractivity contribution in [3.63, 3.8) is 0 Å². The highest BCUT2D eigenvalue weighted by atomic mass is 16.5. The zero-order valence-electron chi connectivity index (χ0n) is 11.3. The van der Waals surface area contributed by atoms with Gasteiger partial charge < -0.3 is 10.1 Å². The Balaban J connectivity index is 2.40. The van der Waals surface area contributed by atoms with E-state index in [1.54, 1.807) is 7.11 Å². The van der Waals surface area contributed by atoms with Crippen molar-refractivity contribution in [1.29, 1.82) is 0 Å². The van der Waals surface area contributed by atoms with Gasteiger partial charge in [0.15, 0.2) is 0 Å². The zero-order chi connectivity index (χ0) is 12.0. The first-order chi connectivity index (χ1) is 7.69. The highest BCUT2D eigenvalue weighted by molar-refractivity contribution is 4.82. The summed E-state index contributed by atoms with van der Waals surface area (Å²) in [4.78, 5) is 2.57. The molecule has 0 spiro atoms. The quantitative estimate of drug-likeness (QED) is 0.749. The predicted octanol–water partition coefficient (Wildman–Crippen LogP) is 1.73. The highest BCUT2D eigenvalue weighted by Crippen LogP contribution is 2.21. The lowest BCUT2D eigenvalue weighted by atomic mass is 9.91. The van der Waals surface area contributed by atoms with E-state index in [1.807, 2.05) is 0 Å². The normalized spacial score (nSPS) is 26.6. The Morgan fingerprint density at radius 1 is 1.44 bits per heavy atom. The summed E-state index contributed by atoms with van der Waals surface area (Å²) >= 11 is 0. The molecule has 1 saturated heterocycles. The van der Waals surface area contributed by atoms with Crippen LogP contribution >= 0.6 is 0 Å². The number of piperidine rings is 1. The highest BCUT2D eigenvalue weighted by Gasteiger charge is 2.26. The van der Waals surface area contributed by atoms with Gasteiger partial charge in [0, 0.05) is 25.7 Å². The molecule has 1 rings (SSSR count). The van der Waals surface area contributed by atoms with E-state index in [-0.39, 0.29) is 0 Å². The minimum absolute atomic E-state index is 0.557. The molecule has 3 heteroatoms. The van der Waals surface area contributed by atoms with E-state index >= 15 is 0 Å². The lowest BCUT2D eigenvalue weighted by Crippen LogP contribution is -2.48. The van der Waals surface area contributed by atoms with Gasteiger partial charge >= 0.3 is 0 Å². The molecule has 96 valence electrons. The van der Waals surface area contributed by atoms with Crippen LogP contribution in [0.1, 0.15) is 33.6 Å². The van der Waals surface area contributed by atoms with Gasteiger partial charge in [-0.2, -0.15) is 0 Å². The van der Waals surface area contributed by atoms with Crippen molar-refractivity contribution in [2.75, 3.05) is 33.4 Å². The van der Waals surface area contributed by atoms with Crippen LogP contribution in [0, 0.1) is 5.92 Å². The summed E-state index contributed by atoms with van der Waals surface area (Å²) in [5.41, 5.74) is 0. The minimum Gasteiger partial charge on any atom is -0.383 e. The Hall–Kier alpha value is -0.120. The number of hydrogen-bond donors (Lipinski definition) is 1. The lowest BCUT2D eigenvalue weighted by molar-refractivity contribution is 0.0610. The number of rotatable bonds is 6. The van der Waals surface area contributed by atoms with Gasteiger partial charge in [0.1, 0.15) is 0 Å². The Kier molecular flexibility index (Phi) is 6.32. The third-order valence-corrected chi connectivity index (χ3v) is 3.75. The van der Waals surface area contributed by atoms with Crippen LogP contribution in [0.15, 0.2) is 0 Å². The Morgan fingerprint density at radius 2 is 2.19 bits per heavy atom. The topological polar surface area (TPSA) is 24.5 Å². The second-order valence-electron chi connectivity index (χ2n) is 5.05. The van der Waals surface area contributed by atoms with Gasteiger partial charge in [0.05, 0.1) is 6.61 Å². The molecule has 0 aromatic heterocycles. The number of hydrogen-bond acceptors (Lipinski definition) is 3. The summed E-state index contributed by atoms with van der Waals surface area (Å²) in [6.07, 6.45) is 2.69. The van der Waals surface area contributed by atoms with Gasteiger partial charge in [-0.3, -0.25) is 4.90 Å². The molecule has 3 nitrogen and oxygen atoms in total. The van der Waals surface area contributed by atoms with Gasteiger partial charge in [-0.05, 0) is 45.7 Å². The van der Waals surface area contributed by atoms with Crippen LogP contribution in [0.5, 0.6) is 0 Å². The molecule has 0 bridgehead atoms. The van der Waals surface area contributed by atoms with Crippen LogP contribution in [0.25, 0.3) is 0 Å². The molecule has 1 aliphatic rings. The SMILES string of the molecule is CCNC(C)C1CCCN(C(C)COC)C1. The molecule has 3 atom stereocenters. The molecule has 3 unspecified atom stereocenters. The van der Waals surface area contributed by atoms with Crippen molar-refractivity contribution in [2.24, 2.45) is 5.92 Å². The maximum Gasteiger partial charge on any atom is 0.0615 e. The maximum absolute atomic E-state index is 5.24. The third kappa shape index (κ3) is 4.04. The van der Waals surface area contributed by atoms with E-state index in [9.17, 15) is 0 Å². The fraction of sp³-hybridized carbons (Fsp3) is 1.00. The van der Waals surface area contributed by atoms with Crippen molar-refractivity contribution in [3.8, 4) is 0 Å². The molecule has 0 radical (unpaired) electrons. The van der Waals surface area contributed by atoms with Crippen LogP contribution in [0.4, 0.5) is 0 Å². The zero-order valence-corrected chi connectivity index (χ0v) is 11.3. The molecular weight excluding hydrogens is 200 g/mol. The van der Waals surface area contributed by atoms with E-state index in [0.717, 1.165) is 19.1 Å². The van der Waals surface area contributed by atoms with E-state index < -0.39 is 0 Å². The van der Waals surface area contributed by atoms with Gasteiger partial charge in [0.2, 0.25) is 0 Å². The first-order valence-electron chi connectivity index (χ1n) is 6.65. The second-order valence-corrected chi connectivity index (χ2v) is 5.05. The Morgan fingerprint density at radius 3 is 2.81 bits per heavy atom. The first-order valence-corrected chi connectivity index (χ1v) is 6.65. The molecule has 0 aromatic carbocycles. The van der Waals surface area contributed by atoms with Gasteiger partial charge in [-0.15, -0.1) is 0 Å². The average molecular weight is 228 g/mol. The van der Waals surface area contributed by atoms with E-state index in [2.05, 4.69) is 31.0 Å². The summed E-state index contributed by atoms with van der Waals surface area (Å²) in [5, 5.41) is 3.55. The first kappa shape index (κ1) is 13.9. The van der Waals surface area contributed by atoms with Crippen molar-refractivity contribution in [3.05, 3.63) is 0 Å². The van der Waals surface area contributed by atoms with E-state index in [1.165, 1.54) is 25.9 Å². The Bertz CT molecular complexity index is 169. The van der Waals surface area contributed by atoms with Crippen LogP contribution in [-0.2, 0) is 4.74 Å². The molecule has 1 heterocycles. The molecule has 1 fully saturated rings. The summed E-state index contributed by atoms with van der Waals surface area (Å²) in [7, 11) is 1.79. The van der Waals surface area contributed by atoms with Crippen LogP contribution in [0.2, 0.25) is 0 Å². The number of nitrogens with zero attached hydrogens (tertiary/aromatic N) is 1. The predicted molar refractivity (Wildman–Crippen MR) is 68.8 cm³/mol. The molecule has 1 aliphatic heterocycles. The van der Waals surface area contributed by atoms with Gasteiger partial charge in [0.25, 0.3) is 0 Å². The molecule has 1 N–H and O–H groups in total. The molecule has 0 saturated carbocycles. The number of nitrogens with one attached hydrogen (secondary N) is 1. The van der Waals surface area contributed by atoms with E-state index in [0.29, 0.717) is 12.1 Å². The average Bonchev–Trinajstić information content (AvgIpc) is 2.30. The van der Waals surface area contributed by atoms with Crippen LogP contribution in [-0.4, -0.2) is 50.3 Å². The lowest BCUT2D eigenvalue weighted by Gasteiger charge is -2.39. The number of likely N-dealkylation sites (tertiary alicyclic amines) is 1. The van der Waals surface area contributed by atoms with Crippen molar-refractivity contribution in [2.45, 2.75) is 45.7 Å². The monoisotopic (exact) mass is 228 g/mol. The number of methoxy groups -OCH3 is 1. The summed E-state index contributed by atoms with van der Waals surface area (Å²) in [6.45, 7) is 11.2. The Labute approximate surface area is 101 Å². The molecule has 0 aliphatic carbocycles. The summed E-state index contributed by atoms with van der Waals surface area (Å²) < 4.78 is 5.24. The molecular formula is C13H28N2O. The summed E-state index contributed by atoms with van der Waals surface area (Å²) in [5.74, 6) is 0.799. The van der Waals surface area contributed by atoms with Crippen molar-refractivity contribution >= 4 is 0 Å². The summed E-state index contributed by atoms with van der Waals surface area (Å²) in [6, 6.07) is 1.20. The maximum atomic E-state index is 5.24. The standard InChI is InChI=1S/C13H28N2O/c1-5-14-12(3)13-7-6-8-15(9-13)11(2)10-16-4/h11-14H,5-10H2,1-4H3. The minimum atomic E-state index is 0.557. The van der Waals surface area contributed by atoms with Gasteiger partial charge in [-0.25, -0.2) is 0 Å². The van der Waals surface area contributed by atoms with Crippen LogP contribution in [0.3, 0.4) is 0 Å². The molecule has 16 heavy (non-hydrogen) atoms. The molecule has 0 amide bonds. The van der Waals surface area contributed by atoms with Gasteiger partial charge in [-0.1, -0.05) is 6.92 Å². The molecule has 0 aromatic rings. The van der Waals surface area contributed by atoms with E-state index in [4.69, 9.17) is 4.74 Å². The third-order valence-electron chi connectivity index (χ3n) is 3.75. The number of ether oxygens (including phenoxy) is 1. The second kappa shape index (κ2) is 7.25. The largest absolute Gasteiger partial charge is 0.383 e. The smallest absolute Gasteiger partial charge is 0.0615 e. The fourth-order valence-electron chi connectivity index (χ4n) is 2.68. The van der Waals surface area contributed by atoms with Crippen LogP contribution < -0.4 is 5.32 Å². The van der Waals surface area contributed by atoms with Crippen molar-refractivity contribution < 1.29 is 4.74 Å². The van der Waals surface area contributed by atoms with Crippen molar-refractivity contribution in [1.82, 2.24) is 10.2 Å². The fourth-order valence-corrected chi connectivity index (χ4v) is 2.68.